The molecule has 5 aromatic rings. The predicted molar refractivity (Wildman–Crippen MR) is 137 cm³/mol. The lowest BCUT2D eigenvalue weighted by atomic mass is 10.0. The molecule has 0 aliphatic rings. The second kappa shape index (κ2) is 9.16. The lowest BCUT2D eigenvalue weighted by molar-refractivity contribution is 0.101. The van der Waals surface area contributed by atoms with Crippen LogP contribution < -0.4 is 10.9 Å². The Morgan fingerprint density at radius 3 is 2.21 bits per heavy atom. The molecule has 34 heavy (non-hydrogen) atoms. The number of hydrogen-bond acceptors (Lipinski definition) is 4. The second-order valence-corrected chi connectivity index (χ2v) is 8.12. The van der Waals surface area contributed by atoms with E-state index in [4.69, 9.17) is 0 Å². The Morgan fingerprint density at radius 2 is 1.47 bits per heavy atom. The van der Waals surface area contributed by atoms with Gasteiger partial charge in [0.1, 0.15) is 11.4 Å². The van der Waals surface area contributed by atoms with Crippen molar-refractivity contribution < 1.29 is 4.79 Å². The first-order chi connectivity index (χ1) is 16.6. The van der Waals surface area contributed by atoms with Crippen LogP contribution in [-0.4, -0.2) is 15.6 Å². The van der Waals surface area contributed by atoms with Crippen LogP contribution in [0.5, 0.6) is 0 Å². The van der Waals surface area contributed by atoms with Crippen molar-refractivity contribution in [2.75, 3.05) is 5.32 Å². The maximum atomic E-state index is 13.7. The van der Waals surface area contributed by atoms with Crippen LogP contribution in [0.25, 0.3) is 22.0 Å². The molecule has 1 N–H and O–H groups in total. The molecule has 0 bridgehead atoms. The zero-order valence-electron chi connectivity index (χ0n) is 18.7. The van der Waals surface area contributed by atoms with Crippen molar-refractivity contribution in [3.05, 3.63) is 125 Å². The largest absolute Gasteiger partial charge is 0.350 e. The average molecular weight is 446 g/mol. The number of rotatable bonds is 6. The lowest BCUT2D eigenvalue weighted by Gasteiger charge is -2.18. The average Bonchev–Trinajstić information content (AvgIpc) is 2.87. The van der Waals surface area contributed by atoms with Gasteiger partial charge in [-0.2, -0.15) is 5.10 Å². The van der Waals surface area contributed by atoms with Gasteiger partial charge in [-0.05, 0) is 23.9 Å². The monoisotopic (exact) mass is 445 g/mol. The molecule has 0 aliphatic carbocycles. The first-order valence-corrected chi connectivity index (χ1v) is 11.1. The maximum absolute atomic E-state index is 13.7. The van der Waals surface area contributed by atoms with Gasteiger partial charge in [-0.25, -0.2) is 4.68 Å². The van der Waals surface area contributed by atoms with Crippen LogP contribution in [0.4, 0.5) is 11.4 Å². The van der Waals surface area contributed by atoms with Gasteiger partial charge < -0.3 is 5.32 Å². The number of aromatic nitrogens is 2. The number of carbonyl (C=O) groups excluding carboxylic acids is 1. The standard InChI is InChI=1S/C29H23N3O2/c1-20(33)26-27(23-14-6-3-7-15-23)31-32(19-21-11-4-2-5-12-21)29(34)28(26)30-25-18-10-16-22-13-8-9-17-24(22)25/h2-18,30H,19H2,1H3. The number of anilines is 2. The molecule has 5 heteroatoms. The molecule has 0 saturated heterocycles. The molecule has 1 heterocycles. The lowest BCUT2D eigenvalue weighted by Crippen LogP contribution is -2.29. The number of ketones is 1. The number of carbonyl (C=O) groups is 1. The number of Topliss-reactive ketones (excluding diaryl/α,β-unsaturated/α-hetero) is 1. The molecule has 166 valence electrons. The minimum absolute atomic E-state index is 0.224. The van der Waals surface area contributed by atoms with Crippen molar-refractivity contribution in [3.63, 3.8) is 0 Å². The summed E-state index contributed by atoms with van der Waals surface area (Å²) < 4.78 is 1.43. The molecule has 0 amide bonds. The van der Waals surface area contributed by atoms with Crippen molar-refractivity contribution in [2.45, 2.75) is 13.5 Å². The maximum Gasteiger partial charge on any atom is 0.291 e. The number of fused-ring (bicyclic) bond motifs is 1. The number of nitrogens with one attached hydrogen (secondary N) is 1. The zero-order valence-corrected chi connectivity index (χ0v) is 18.7. The molecule has 5 nitrogen and oxygen atoms in total. The smallest absolute Gasteiger partial charge is 0.291 e. The van der Waals surface area contributed by atoms with Gasteiger partial charge in [0.25, 0.3) is 5.56 Å². The summed E-state index contributed by atoms with van der Waals surface area (Å²) in [5, 5.41) is 9.98. The third-order valence-electron chi connectivity index (χ3n) is 5.78. The van der Waals surface area contributed by atoms with E-state index in [2.05, 4.69) is 10.4 Å². The van der Waals surface area contributed by atoms with Crippen LogP contribution in [0.2, 0.25) is 0 Å². The summed E-state index contributed by atoms with van der Waals surface area (Å²) >= 11 is 0. The number of benzene rings is 4. The van der Waals surface area contributed by atoms with Crippen molar-refractivity contribution >= 4 is 27.9 Å². The van der Waals surface area contributed by atoms with Crippen molar-refractivity contribution in [1.29, 1.82) is 0 Å². The predicted octanol–water partition coefficient (Wildman–Crippen LogP) is 6.06. The van der Waals surface area contributed by atoms with Gasteiger partial charge in [0.05, 0.1) is 12.1 Å². The van der Waals surface area contributed by atoms with E-state index >= 15 is 0 Å². The molecule has 0 fully saturated rings. The first kappa shape index (κ1) is 21.3. The molecular formula is C29H23N3O2. The van der Waals surface area contributed by atoms with E-state index in [1.165, 1.54) is 11.6 Å². The fraction of sp³-hybridized carbons (Fsp3) is 0.0690. The molecular weight excluding hydrogens is 422 g/mol. The second-order valence-electron chi connectivity index (χ2n) is 8.12. The Kier molecular flexibility index (Phi) is 5.75. The van der Waals surface area contributed by atoms with Crippen LogP contribution in [0.1, 0.15) is 22.8 Å². The van der Waals surface area contributed by atoms with Gasteiger partial charge in [0.15, 0.2) is 5.78 Å². The van der Waals surface area contributed by atoms with E-state index in [0.29, 0.717) is 12.2 Å². The van der Waals surface area contributed by atoms with E-state index in [-0.39, 0.29) is 22.6 Å². The summed E-state index contributed by atoms with van der Waals surface area (Å²) in [6.07, 6.45) is 0. The number of nitrogens with zero attached hydrogens (tertiary/aromatic N) is 2. The summed E-state index contributed by atoms with van der Waals surface area (Å²) in [4.78, 5) is 26.6. The van der Waals surface area contributed by atoms with E-state index < -0.39 is 0 Å². The summed E-state index contributed by atoms with van der Waals surface area (Å²) in [6, 6.07) is 33.0. The highest BCUT2D eigenvalue weighted by Crippen LogP contribution is 2.30. The van der Waals surface area contributed by atoms with E-state index in [9.17, 15) is 9.59 Å². The summed E-state index contributed by atoms with van der Waals surface area (Å²) in [7, 11) is 0. The van der Waals surface area contributed by atoms with Gasteiger partial charge in [0.2, 0.25) is 0 Å². The molecule has 0 radical (unpaired) electrons. The third-order valence-corrected chi connectivity index (χ3v) is 5.78. The van der Waals surface area contributed by atoms with Gasteiger partial charge in [-0.15, -0.1) is 0 Å². The minimum atomic E-state index is -0.346. The van der Waals surface area contributed by atoms with Crippen LogP contribution in [0.15, 0.2) is 108 Å². The van der Waals surface area contributed by atoms with Gasteiger partial charge in [0, 0.05) is 16.6 Å². The molecule has 5 rings (SSSR count). The fourth-order valence-corrected chi connectivity index (χ4v) is 4.16. The van der Waals surface area contributed by atoms with Crippen LogP contribution >= 0.6 is 0 Å². The first-order valence-electron chi connectivity index (χ1n) is 11.1. The quantitative estimate of drug-likeness (QED) is 0.323. The Labute approximate surface area is 197 Å². The van der Waals surface area contributed by atoms with Crippen LogP contribution in [0, 0.1) is 0 Å². The van der Waals surface area contributed by atoms with Gasteiger partial charge >= 0.3 is 0 Å². The molecule has 0 unspecified atom stereocenters. The Balaban J connectivity index is 1.75. The molecule has 0 saturated carbocycles. The molecule has 4 aromatic carbocycles. The van der Waals surface area contributed by atoms with Crippen molar-refractivity contribution in [2.24, 2.45) is 0 Å². The number of hydrogen-bond donors (Lipinski definition) is 1. The summed E-state index contributed by atoms with van der Waals surface area (Å²) in [5.74, 6) is -0.224. The molecule has 0 aliphatic heterocycles. The van der Waals surface area contributed by atoms with Crippen LogP contribution in [-0.2, 0) is 6.54 Å². The minimum Gasteiger partial charge on any atom is -0.350 e. The van der Waals surface area contributed by atoms with Gasteiger partial charge in [-0.1, -0.05) is 97.1 Å². The summed E-state index contributed by atoms with van der Waals surface area (Å²) in [5.41, 5.74) is 3.13. The Bertz CT molecular complexity index is 1540. The zero-order chi connectivity index (χ0) is 23.5. The third kappa shape index (κ3) is 4.11. The highest BCUT2D eigenvalue weighted by molar-refractivity contribution is 6.06. The Hall–Kier alpha value is -4.51. The van der Waals surface area contributed by atoms with Crippen LogP contribution in [0.3, 0.4) is 0 Å². The summed E-state index contributed by atoms with van der Waals surface area (Å²) in [6.45, 7) is 1.76. The Morgan fingerprint density at radius 1 is 0.824 bits per heavy atom. The van der Waals surface area contributed by atoms with E-state index in [0.717, 1.165) is 27.6 Å². The molecule has 0 atom stereocenters. The normalized spacial score (nSPS) is 10.9. The molecule has 0 spiro atoms. The van der Waals surface area contributed by atoms with Gasteiger partial charge in [-0.3, -0.25) is 9.59 Å². The molecule has 1 aromatic heterocycles. The topological polar surface area (TPSA) is 64.0 Å². The van der Waals surface area contributed by atoms with Crippen molar-refractivity contribution in [3.8, 4) is 11.3 Å². The highest BCUT2D eigenvalue weighted by atomic mass is 16.1. The van der Waals surface area contributed by atoms with E-state index in [1.54, 1.807) is 0 Å². The fourth-order valence-electron chi connectivity index (χ4n) is 4.16. The highest BCUT2D eigenvalue weighted by Gasteiger charge is 2.22. The SMILES string of the molecule is CC(=O)c1c(-c2ccccc2)nn(Cc2ccccc2)c(=O)c1Nc1cccc2ccccc12. The van der Waals surface area contributed by atoms with Crippen molar-refractivity contribution in [1.82, 2.24) is 9.78 Å². The van der Waals surface area contributed by atoms with E-state index in [1.807, 2.05) is 103 Å².